The first-order valence-corrected chi connectivity index (χ1v) is 6.38. The van der Waals surface area contributed by atoms with E-state index in [2.05, 4.69) is 25.5 Å². The molecule has 102 valence electrons. The second-order valence-corrected chi connectivity index (χ2v) is 4.54. The molecule has 0 radical (unpaired) electrons. The van der Waals surface area contributed by atoms with Gasteiger partial charge in [0.25, 0.3) is 0 Å². The standard InChI is InChI=1S/C14H14FN5/c1-9-12-13(20-19-9)14(18-8-17-12)16-7-6-10-4-2-3-5-11(10)15/h2-5,8H,6-7H2,1H3,(H,19,20)(H,16,17,18). The van der Waals surface area contributed by atoms with Crippen LogP contribution in [0.1, 0.15) is 11.3 Å². The molecule has 3 rings (SSSR count). The number of rotatable bonds is 4. The Morgan fingerprint density at radius 3 is 2.90 bits per heavy atom. The van der Waals surface area contributed by atoms with Crippen LogP contribution in [0.3, 0.4) is 0 Å². The Hall–Kier alpha value is -2.50. The van der Waals surface area contributed by atoms with Gasteiger partial charge in [-0.05, 0) is 25.0 Å². The van der Waals surface area contributed by atoms with E-state index < -0.39 is 0 Å². The average Bonchev–Trinajstić information content (AvgIpc) is 2.84. The summed E-state index contributed by atoms with van der Waals surface area (Å²) in [5, 5.41) is 10.2. The zero-order valence-corrected chi connectivity index (χ0v) is 11.0. The molecular weight excluding hydrogens is 257 g/mol. The highest BCUT2D eigenvalue weighted by atomic mass is 19.1. The molecule has 2 aromatic heterocycles. The number of aromatic amines is 1. The summed E-state index contributed by atoms with van der Waals surface area (Å²) in [5.41, 5.74) is 3.09. The number of benzene rings is 1. The number of nitrogens with one attached hydrogen (secondary N) is 2. The zero-order chi connectivity index (χ0) is 13.9. The number of H-pyrrole nitrogens is 1. The molecule has 6 heteroatoms. The number of aromatic nitrogens is 4. The Kier molecular flexibility index (Phi) is 3.28. The first-order chi connectivity index (χ1) is 9.75. The van der Waals surface area contributed by atoms with Crippen molar-refractivity contribution in [2.75, 3.05) is 11.9 Å². The molecule has 2 N–H and O–H groups in total. The minimum Gasteiger partial charge on any atom is -0.368 e. The second-order valence-electron chi connectivity index (χ2n) is 4.54. The molecule has 0 spiro atoms. The van der Waals surface area contributed by atoms with Crippen LogP contribution in [0.5, 0.6) is 0 Å². The van der Waals surface area contributed by atoms with Crippen molar-refractivity contribution in [1.82, 2.24) is 20.2 Å². The SMILES string of the molecule is Cc1[nH]nc2c(NCCc3ccccc3F)ncnc12. The van der Waals surface area contributed by atoms with Gasteiger partial charge >= 0.3 is 0 Å². The molecule has 0 saturated heterocycles. The number of hydrogen-bond donors (Lipinski definition) is 2. The number of halogens is 1. The molecule has 5 nitrogen and oxygen atoms in total. The van der Waals surface area contributed by atoms with Crippen LogP contribution < -0.4 is 5.32 Å². The third-order valence-corrected chi connectivity index (χ3v) is 3.16. The lowest BCUT2D eigenvalue weighted by Gasteiger charge is -2.06. The largest absolute Gasteiger partial charge is 0.368 e. The Labute approximate surface area is 115 Å². The number of aryl methyl sites for hydroxylation is 1. The van der Waals surface area contributed by atoms with Gasteiger partial charge in [-0.25, -0.2) is 14.4 Å². The Balaban J connectivity index is 1.73. The van der Waals surface area contributed by atoms with Gasteiger partial charge in [-0.1, -0.05) is 18.2 Å². The maximum Gasteiger partial charge on any atom is 0.157 e. The van der Waals surface area contributed by atoms with Crippen LogP contribution in [0.2, 0.25) is 0 Å². The van der Waals surface area contributed by atoms with Gasteiger partial charge in [0.2, 0.25) is 0 Å². The van der Waals surface area contributed by atoms with Crippen molar-refractivity contribution < 1.29 is 4.39 Å². The van der Waals surface area contributed by atoms with Gasteiger partial charge in [-0.2, -0.15) is 5.10 Å². The quantitative estimate of drug-likeness (QED) is 0.765. The summed E-state index contributed by atoms with van der Waals surface area (Å²) in [6.45, 7) is 2.49. The highest BCUT2D eigenvalue weighted by molar-refractivity contribution is 5.86. The van der Waals surface area contributed by atoms with E-state index >= 15 is 0 Å². The summed E-state index contributed by atoms with van der Waals surface area (Å²) < 4.78 is 13.5. The average molecular weight is 271 g/mol. The van der Waals surface area contributed by atoms with Crippen molar-refractivity contribution in [3.63, 3.8) is 0 Å². The van der Waals surface area contributed by atoms with Crippen molar-refractivity contribution in [1.29, 1.82) is 0 Å². The summed E-state index contributed by atoms with van der Waals surface area (Å²) in [5.74, 6) is 0.480. The van der Waals surface area contributed by atoms with E-state index in [0.717, 1.165) is 11.2 Å². The van der Waals surface area contributed by atoms with Crippen molar-refractivity contribution in [2.45, 2.75) is 13.3 Å². The van der Waals surface area contributed by atoms with Gasteiger partial charge in [0.05, 0.1) is 5.69 Å². The summed E-state index contributed by atoms with van der Waals surface area (Å²) >= 11 is 0. The molecule has 0 unspecified atom stereocenters. The molecule has 2 heterocycles. The molecule has 0 fully saturated rings. The molecule has 0 atom stereocenters. The molecule has 0 amide bonds. The maximum atomic E-state index is 13.5. The molecule has 0 aliphatic heterocycles. The molecule has 0 bridgehead atoms. The number of hydrogen-bond acceptors (Lipinski definition) is 4. The maximum absolute atomic E-state index is 13.5. The van der Waals surface area contributed by atoms with Crippen LogP contribution in [0, 0.1) is 12.7 Å². The van der Waals surface area contributed by atoms with Crippen molar-refractivity contribution >= 4 is 16.9 Å². The zero-order valence-electron chi connectivity index (χ0n) is 11.0. The van der Waals surface area contributed by atoms with E-state index in [1.54, 1.807) is 12.1 Å². The lowest BCUT2D eigenvalue weighted by Crippen LogP contribution is -2.08. The topological polar surface area (TPSA) is 66.5 Å². The van der Waals surface area contributed by atoms with E-state index in [9.17, 15) is 4.39 Å². The predicted molar refractivity (Wildman–Crippen MR) is 75.0 cm³/mol. The normalized spacial score (nSPS) is 10.9. The van der Waals surface area contributed by atoms with Gasteiger partial charge in [0.15, 0.2) is 11.3 Å². The lowest BCUT2D eigenvalue weighted by atomic mass is 10.1. The van der Waals surface area contributed by atoms with Crippen molar-refractivity contribution in [3.05, 3.63) is 47.7 Å². The lowest BCUT2D eigenvalue weighted by molar-refractivity contribution is 0.610. The molecule has 0 aliphatic carbocycles. The minimum absolute atomic E-state index is 0.183. The molecule has 20 heavy (non-hydrogen) atoms. The number of fused-ring (bicyclic) bond motifs is 1. The number of nitrogens with zero attached hydrogens (tertiary/aromatic N) is 3. The van der Waals surface area contributed by atoms with Gasteiger partial charge in [-0.15, -0.1) is 0 Å². The van der Waals surface area contributed by atoms with Gasteiger partial charge in [0.1, 0.15) is 17.7 Å². The van der Waals surface area contributed by atoms with E-state index in [1.807, 2.05) is 13.0 Å². The fraction of sp³-hybridized carbons (Fsp3) is 0.214. The van der Waals surface area contributed by atoms with Crippen LogP contribution in [0.15, 0.2) is 30.6 Å². The monoisotopic (exact) mass is 271 g/mol. The Morgan fingerprint density at radius 1 is 1.20 bits per heavy atom. The molecular formula is C14H14FN5. The van der Waals surface area contributed by atoms with E-state index in [-0.39, 0.29) is 5.82 Å². The smallest absolute Gasteiger partial charge is 0.157 e. The van der Waals surface area contributed by atoms with Crippen LogP contribution >= 0.6 is 0 Å². The molecule has 1 aromatic carbocycles. The van der Waals surface area contributed by atoms with Crippen LogP contribution in [-0.4, -0.2) is 26.7 Å². The summed E-state index contributed by atoms with van der Waals surface area (Å²) in [4.78, 5) is 8.35. The van der Waals surface area contributed by atoms with Gasteiger partial charge < -0.3 is 5.32 Å². The Bertz CT molecular complexity index is 737. The third-order valence-electron chi connectivity index (χ3n) is 3.16. The van der Waals surface area contributed by atoms with Crippen LogP contribution in [0.25, 0.3) is 11.0 Å². The van der Waals surface area contributed by atoms with Crippen molar-refractivity contribution in [3.8, 4) is 0 Å². The fourth-order valence-corrected chi connectivity index (χ4v) is 2.10. The third kappa shape index (κ3) is 2.32. The van der Waals surface area contributed by atoms with Gasteiger partial charge in [-0.3, -0.25) is 5.10 Å². The highest BCUT2D eigenvalue weighted by Gasteiger charge is 2.09. The highest BCUT2D eigenvalue weighted by Crippen LogP contribution is 2.18. The first kappa shape index (κ1) is 12.5. The fourth-order valence-electron chi connectivity index (χ4n) is 2.10. The predicted octanol–water partition coefficient (Wildman–Crippen LogP) is 2.46. The summed E-state index contributed by atoms with van der Waals surface area (Å²) in [6.07, 6.45) is 2.08. The number of anilines is 1. The molecule has 3 aromatic rings. The molecule has 0 aliphatic rings. The van der Waals surface area contributed by atoms with E-state index in [0.29, 0.717) is 29.9 Å². The van der Waals surface area contributed by atoms with E-state index in [4.69, 9.17) is 0 Å². The van der Waals surface area contributed by atoms with Crippen LogP contribution in [-0.2, 0) is 6.42 Å². The van der Waals surface area contributed by atoms with Crippen molar-refractivity contribution in [2.24, 2.45) is 0 Å². The Morgan fingerprint density at radius 2 is 2.05 bits per heavy atom. The second kappa shape index (κ2) is 5.24. The molecule has 0 saturated carbocycles. The van der Waals surface area contributed by atoms with E-state index in [1.165, 1.54) is 12.4 Å². The summed E-state index contributed by atoms with van der Waals surface area (Å²) in [6, 6.07) is 6.77. The minimum atomic E-state index is -0.183. The first-order valence-electron chi connectivity index (χ1n) is 6.38. The van der Waals surface area contributed by atoms with Crippen LogP contribution in [0.4, 0.5) is 10.2 Å². The van der Waals surface area contributed by atoms with Gasteiger partial charge in [0, 0.05) is 6.54 Å². The summed E-state index contributed by atoms with van der Waals surface area (Å²) in [7, 11) is 0.